The van der Waals surface area contributed by atoms with E-state index in [1.807, 2.05) is 6.92 Å². The molecule has 2 fully saturated rings. The summed E-state index contributed by atoms with van der Waals surface area (Å²) in [7, 11) is 0. The molecule has 0 bridgehead atoms. The standard InChI is InChI=1S/C14H23N3O3/c1-2-6-11-12(18)16-13(15)17(11)14(19)20-9-10-7-4-3-5-8-10/h10-11H,2-9H2,1H3,(H2,15,16,18)/t11-/m0/s1. The van der Waals surface area contributed by atoms with E-state index in [-0.39, 0.29) is 11.9 Å². The third kappa shape index (κ3) is 3.29. The molecule has 2 amide bonds. The molecule has 0 aromatic heterocycles. The molecule has 1 saturated heterocycles. The first kappa shape index (κ1) is 14.8. The van der Waals surface area contributed by atoms with Crippen molar-refractivity contribution >= 4 is 18.0 Å². The van der Waals surface area contributed by atoms with Crippen LogP contribution in [0.4, 0.5) is 4.79 Å². The largest absolute Gasteiger partial charge is 0.449 e. The number of nitrogens with one attached hydrogen (secondary N) is 2. The first-order chi connectivity index (χ1) is 9.63. The number of hydrogen-bond donors (Lipinski definition) is 2. The highest BCUT2D eigenvalue weighted by molar-refractivity contribution is 6.11. The van der Waals surface area contributed by atoms with Gasteiger partial charge < -0.3 is 4.74 Å². The predicted octanol–water partition coefficient (Wildman–Crippen LogP) is 2.24. The van der Waals surface area contributed by atoms with E-state index in [4.69, 9.17) is 10.1 Å². The summed E-state index contributed by atoms with van der Waals surface area (Å²) < 4.78 is 5.31. The highest BCUT2D eigenvalue weighted by Gasteiger charge is 2.40. The molecule has 0 radical (unpaired) electrons. The molecule has 0 aromatic rings. The molecular weight excluding hydrogens is 258 g/mol. The van der Waals surface area contributed by atoms with Crippen molar-refractivity contribution in [1.29, 1.82) is 5.41 Å². The molecule has 2 aliphatic rings. The predicted molar refractivity (Wildman–Crippen MR) is 74.3 cm³/mol. The van der Waals surface area contributed by atoms with E-state index >= 15 is 0 Å². The molecule has 0 aromatic carbocycles. The van der Waals surface area contributed by atoms with Crippen molar-refractivity contribution in [3.63, 3.8) is 0 Å². The van der Waals surface area contributed by atoms with Crippen LogP contribution in [0, 0.1) is 11.3 Å². The lowest BCUT2D eigenvalue weighted by Crippen LogP contribution is -2.41. The van der Waals surface area contributed by atoms with Crippen molar-refractivity contribution in [2.75, 3.05) is 6.61 Å². The first-order valence-corrected chi connectivity index (χ1v) is 7.49. The van der Waals surface area contributed by atoms with Gasteiger partial charge in [0.1, 0.15) is 6.04 Å². The number of ether oxygens (including phenoxy) is 1. The van der Waals surface area contributed by atoms with Crippen molar-refractivity contribution < 1.29 is 14.3 Å². The zero-order valence-electron chi connectivity index (χ0n) is 12.0. The van der Waals surface area contributed by atoms with Gasteiger partial charge in [-0.15, -0.1) is 0 Å². The summed E-state index contributed by atoms with van der Waals surface area (Å²) in [6, 6.07) is -0.591. The Hall–Kier alpha value is -1.59. The van der Waals surface area contributed by atoms with E-state index in [9.17, 15) is 9.59 Å². The van der Waals surface area contributed by atoms with Crippen molar-refractivity contribution in [2.24, 2.45) is 5.92 Å². The molecule has 0 unspecified atom stereocenters. The fourth-order valence-corrected chi connectivity index (χ4v) is 2.90. The van der Waals surface area contributed by atoms with Crippen LogP contribution in [0.2, 0.25) is 0 Å². The number of carbonyl (C=O) groups excluding carboxylic acids is 2. The molecule has 1 aliphatic carbocycles. The first-order valence-electron chi connectivity index (χ1n) is 7.49. The summed E-state index contributed by atoms with van der Waals surface area (Å²) >= 11 is 0. The Morgan fingerprint density at radius 3 is 2.75 bits per heavy atom. The van der Waals surface area contributed by atoms with Gasteiger partial charge in [0.2, 0.25) is 11.9 Å². The third-order valence-corrected chi connectivity index (χ3v) is 4.02. The minimum atomic E-state index is -0.591. The Labute approximate surface area is 119 Å². The van der Waals surface area contributed by atoms with Gasteiger partial charge >= 0.3 is 6.09 Å². The van der Waals surface area contributed by atoms with Crippen molar-refractivity contribution in [3.8, 4) is 0 Å². The van der Waals surface area contributed by atoms with E-state index in [1.54, 1.807) is 0 Å². The van der Waals surface area contributed by atoms with Crippen LogP contribution in [0.15, 0.2) is 0 Å². The maximum atomic E-state index is 12.1. The Bertz CT molecular complexity index is 391. The zero-order valence-corrected chi connectivity index (χ0v) is 12.0. The van der Waals surface area contributed by atoms with Gasteiger partial charge in [0, 0.05) is 0 Å². The lowest BCUT2D eigenvalue weighted by molar-refractivity contribution is -0.121. The average molecular weight is 281 g/mol. The number of amides is 2. The summed E-state index contributed by atoms with van der Waals surface area (Å²) in [5.41, 5.74) is 0. The third-order valence-electron chi connectivity index (χ3n) is 4.02. The summed E-state index contributed by atoms with van der Waals surface area (Å²) in [4.78, 5) is 24.9. The van der Waals surface area contributed by atoms with Crippen LogP contribution >= 0.6 is 0 Å². The maximum Gasteiger partial charge on any atom is 0.417 e. The normalized spacial score (nSPS) is 23.9. The number of rotatable bonds is 4. The Morgan fingerprint density at radius 2 is 2.10 bits per heavy atom. The van der Waals surface area contributed by atoms with Crippen molar-refractivity contribution in [3.05, 3.63) is 0 Å². The molecule has 0 spiro atoms. The van der Waals surface area contributed by atoms with Crippen molar-refractivity contribution in [2.45, 2.75) is 57.9 Å². The number of hydrogen-bond acceptors (Lipinski definition) is 4. The number of nitrogens with zero attached hydrogens (tertiary/aromatic N) is 1. The molecule has 6 heteroatoms. The number of guanidine groups is 1. The van der Waals surface area contributed by atoms with Gasteiger partial charge in [-0.1, -0.05) is 32.6 Å². The van der Waals surface area contributed by atoms with E-state index in [2.05, 4.69) is 5.32 Å². The molecule has 112 valence electrons. The minimum Gasteiger partial charge on any atom is -0.449 e. The molecule has 6 nitrogen and oxygen atoms in total. The summed E-state index contributed by atoms with van der Waals surface area (Å²) in [5, 5.41) is 10.1. The monoisotopic (exact) mass is 281 g/mol. The molecule has 1 atom stereocenters. The van der Waals surface area contributed by atoms with E-state index in [0.717, 1.165) is 24.2 Å². The summed E-state index contributed by atoms with van der Waals surface area (Å²) in [5.74, 6) is -0.0219. The number of carbonyl (C=O) groups is 2. The van der Waals surface area contributed by atoms with Crippen LogP contribution in [0.1, 0.15) is 51.9 Å². The maximum absolute atomic E-state index is 12.1. The van der Waals surface area contributed by atoms with Gasteiger partial charge in [-0.05, 0) is 25.2 Å². The second-order valence-corrected chi connectivity index (χ2v) is 5.59. The van der Waals surface area contributed by atoms with Crippen LogP contribution in [0.5, 0.6) is 0 Å². The lowest BCUT2D eigenvalue weighted by atomic mass is 9.90. The summed E-state index contributed by atoms with van der Waals surface area (Å²) in [6.45, 7) is 2.34. The quantitative estimate of drug-likeness (QED) is 0.829. The highest BCUT2D eigenvalue weighted by atomic mass is 16.6. The fourth-order valence-electron chi connectivity index (χ4n) is 2.90. The highest BCUT2D eigenvalue weighted by Crippen LogP contribution is 2.24. The summed E-state index contributed by atoms with van der Waals surface area (Å²) in [6.07, 6.45) is 6.60. The van der Waals surface area contributed by atoms with Crippen LogP contribution < -0.4 is 5.32 Å². The molecule has 2 N–H and O–H groups in total. The van der Waals surface area contributed by atoms with Crippen LogP contribution in [0.25, 0.3) is 0 Å². The molecule has 1 saturated carbocycles. The van der Waals surface area contributed by atoms with E-state index in [1.165, 1.54) is 19.3 Å². The lowest BCUT2D eigenvalue weighted by Gasteiger charge is -2.24. The molecule has 2 rings (SSSR count). The fraction of sp³-hybridized carbons (Fsp3) is 0.786. The van der Waals surface area contributed by atoms with Gasteiger partial charge in [0.05, 0.1) is 6.61 Å². The van der Waals surface area contributed by atoms with E-state index < -0.39 is 12.1 Å². The Kier molecular flexibility index (Phi) is 4.98. The Balaban J connectivity index is 1.89. The van der Waals surface area contributed by atoms with Gasteiger partial charge in [0.15, 0.2) is 0 Å². The van der Waals surface area contributed by atoms with Crippen LogP contribution in [-0.4, -0.2) is 35.5 Å². The van der Waals surface area contributed by atoms with E-state index in [0.29, 0.717) is 18.9 Å². The molecular formula is C14H23N3O3. The van der Waals surface area contributed by atoms with Crippen molar-refractivity contribution in [1.82, 2.24) is 10.2 Å². The van der Waals surface area contributed by atoms with Gasteiger partial charge in [0.25, 0.3) is 0 Å². The van der Waals surface area contributed by atoms with Gasteiger partial charge in [-0.2, -0.15) is 0 Å². The Morgan fingerprint density at radius 1 is 1.40 bits per heavy atom. The second kappa shape index (κ2) is 6.72. The smallest absolute Gasteiger partial charge is 0.417 e. The van der Waals surface area contributed by atoms with Gasteiger partial charge in [-0.3, -0.25) is 15.5 Å². The molecule has 1 aliphatic heterocycles. The topological polar surface area (TPSA) is 82.5 Å². The average Bonchev–Trinajstić information content (AvgIpc) is 2.72. The zero-order chi connectivity index (χ0) is 14.5. The molecule has 1 heterocycles. The SMILES string of the molecule is CCC[C@H]1C(=O)NC(=N)N1C(=O)OCC1CCCCC1. The minimum absolute atomic E-state index is 0.165. The van der Waals surface area contributed by atoms with Gasteiger partial charge in [-0.25, -0.2) is 9.69 Å². The van der Waals surface area contributed by atoms with Crippen LogP contribution in [0.3, 0.4) is 0 Å². The molecule has 20 heavy (non-hydrogen) atoms. The van der Waals surface area contributed by atoms with Crippen LogP contribution in [-0.2, 0) is 9.53 Å². The second-order valence-electron chi connectivity index (χ2n) is 5.59.